The number of carbonyl (C=O) groups is 1. The van der Waals surface area contributed by atoms with Crippen LogP contribution in [0.1, 0.15) is 6.92 Å². The monoisotopic (exact) mass is 237 g/mol. The minimum absolute atomic E-state index is 0.380. The molecule has 5 nitrogen and oxygen atoms in total. The highest BCUT2D eigenvalue weighted by molar-refractivity contribution is 7.99. The van der Waals surface area contributed by atoms with Crippen LogP contribution in [0.3, 0.4) is 0 Å². The molecule has 0 radical (unpaired) electrons. The highest BCUT2D eigenvalue weighted by atomic mass is 32.2. The van der Waals surface area contributed by atoms with Gasteiger partial charge in [-0.15, -0.1) is 11.8 Å². The number of rotatable bonds is 4. The molecule has 0 aliphatic rings. The fourth-order valence-electron chi connectivity index (χ4n) is 1.22. The van der Waals surface area contributed by atoms with E-state index in [4.69, 9.17) is 5.11 Å². The standard InChI is InChI=1S/C10H11N3O2S/c1-7(10(14)15)6-16-9-8-2-3-12-13(8)5-4-11-9/h2-5,7H,6H2,1H3,(H,14,15). The molecule has 2 aromatic rings. The van der Waals surface area contributed by atoms with Gasteiger partial charge in [-0.05, 0) is 6.07 Å². The second-order valence-electron chi connectivity index (χ2n) is 3.44. The van der Waals surface area contributed by atoms with Crippen LogP contribution < -0.4 is 0 Å². The summed E-state index contributed by atoms with van der Waals surface area (Å²) in [5, 5.41) is 13.7. The first-order valence-electron chi connectivity index (χ1n) is 4.82. The Kier molecular flexibility index (Phi) is 3.09. The van der Waals surface area contributed by atoms with Crippen molar-refractivity contribution in [3.63, 3.8) is 0 Å². The predicted molar refractivity (Wildman–Crippen MR) is 60.5 cm³/mol. The first kappa shape index (κ1) is 10.9. The molecule has 0 saturated heterocycles. The average molecular weight is 237 g/mol. The maximum absolute atomic E-state index is 10.7. The Morgan fingerprint density at radius 1 is 1.62 bits per heavy atom. The fraction of sp³-hybridized carbons (Fsp3) is 0.300. The Balaban J connectivity index is 2.15. The van der Waals surface area contributed by atoms with Crippen molar-refractivity contribution in [2.45, 2.75) is 11.9 Å². The van der Waals surface area contributed by atoms with Gasteiger partial charge in [0.2, 0.25) is 0 Å². The van der Waals surface area contributed by atoms with E-state index in [1.165, 1.54) is 11.8 Å². The molecule has 2 rings (SSSR count). The van der Waals surface area contributed by atoms with Gasteiger partial charge < -0.3 is 5.11 Å². The number of hydrogen-bond donors (Lipinski definition) is 1. The number of nitrogens with zero attached hydrogens (tertiary/aromatic N) is 3. The number of aromatic nitrogens is 3. The van der Waals surface area contributed by atoms with Crippen molar-refractivity contribution in [2.24, 2.45) is 5.92 Å². The lowest BCUT2D eigenvalue weighted by molar-refractivity contribution is -0.140. The summed E-state index contributed by atoms with van der Waals surface area (Å²) < 4.78 is 1.72. The molecular formula is C10H11N3O2S. The number of hydrogen-bond acceptors (Lipinski definition) is 4. The largest absolute Gasteiger partial charge is 0.481 e. The van der Waals surface area contributed by atoms with Crippen molar-refractivity contribution in [1.82, 2.24) is 14.6 Å². The van der Waals surface area contributed by atoms with Crippen LogP contribution in [-0.2, 0) is 4.79 Å². The topological polar surface area (TPSA) is 67.5 Å². The van der Waals surface area contributed by atoms with Gasteiger partial charge in [-0.1, -0.05) is 6.92 Å². The third kappa shape index (κ3) is 2.16. The molecule has 0 fully saturated rings. The fourth-order valence-corrected chi connectivity index (χ4v) is 2.21. The quantitative estimate of drug-likeness (QED) is 0.817. The lowest BCUT2D eigenvalue weighted by atomic mass is 10.2. The minimum Gasteiger partial charge on any atom is -0.481 e. The van der Waals surface area contributed by atoms with Crippen molar-refractivity contribution in [3.8, 4) is 0 Å². The van der Waals surface area contributed by atoms with Gasteiger partial charge in [0, 0.05) is 18.1 Å². The molecule has 0 amide bonds. The first-order valence-corrected chi connectivity index (χ1v) is 5.81. The molecule has 0 aliphatic heterocycles. The van der Waals surface area contributed by atoms with Crippen LogP contribution in [0, 0.1) is 5.92 Å². The first-order chi connectivity index (χ1) is 7.68. The predicted octanol–water partition coefficient (Wildman–Crippen LogP) is 1.54. The smallest absolute Gasteiger partial charge is 0.307 e. The summed E-state index contributed by atoms with van der Waals surface area (Å²) in [7, 11) is 0. The lowest BCUT2D eigenvalue weighted by Crippen LogP contribution is -2.11. The van der Waals surface area contributed by atoms with Crippen molar-refractivity contribution in [3.05, 3.63) is 24.7 Å². The van der Waals surface area contributed by atoms with E-state index in [9.17, 15) is 4.79 Å². The lowest BCUT2D eigenvalue weighted by Gasteiger charge is -2.05. The van der Waals surface area contributed by atoms with Gasteiger partial charge in [0.15, 0.2) is 0 Å². The highest BCUT2D eigenvalue weighted by Gasteiger charge is 2.12. The number of fused-ring (bicyclic) bond motifs is 1. The Labute approximate surface area is 96.5 Å². The number of aliphatic carboxylic acids is 1. The summed E-state index contributed by atoms with van der Waals surface area (Å²) in [6.07, 6.45) is 5.12. The van der Waals surface area contributed by atoms with Gasteiger partial charge in [-0.25, -0.2) is 9.50 Å². The highest BCUT2D eigenvalue weighted by Crippen LogP contribution is 2.22. The zero-order valence-corrected chi connectivity index (χ0v) is 9.52. The molecule has 0 aromatic carbocycles. The minimum atomic E-state index is -0.784. The van der Waals surface area contributed by atoms with Gasteiger partial charge in [0.05, 0.1) is 17.6 Å². The zero-order valence-electron chi connectivity index (χ0n) is 8.70. The van der Waals surface area contributed by atoms with Crippen molar-refractivity contribution in [2.75, 3.05) is 5.75 Å². The molecule has 0 spiro atoms. The summed E-state index contributed by atoms with van der Waals surface area (Å²) in [5.41, 5.74) is 0.907. The van der Waals surface area contributed by atoms with E-state index in [-0.39, 0.29) is 5.92 Å². The third-order valence-electron chi connectivity index (χ3n) is 2.18. The van der Waals surface area contributed by atoms with Crippen LogP contribution in [0.5, 0.6) is 0 Å². The molecule has 2 aromatic heterocycles. The Bertz CT molecular complexity index is 511. The summed E-state index contributed by atoms with van der Waals surface area (Å²) in [6, 6.07) is 1.86. The van der Waals surface area contributed by atoms with Gasteiger partial charge in [-0.3, -0.25) is 4.79 Å². The molecule has 0 bridgehead atoms. The SMILES string of the molecule is CC(CSc1nccn2nccc12)C(=O)O. The van der Waals surface area contributed by atoms with Crippen LogP contribution in [0.25, 0.3) is 5.52 Å². The molecule has 6 heteroatoms. The van der Waals surface area contributed by atoms with E-state index in [1.54, 1.807) is 30.0 Å². The van der Waals surface area contributed by atoms with Crippen LogP contribution >= 0.6 is 11.8 Å². The summed E-state index contributed by atoms with van der Waals surface area (Å²) in [5.74, 6) is -0.657. The molecule has 2 heterocycles. The Hall–Kier alpha value is -1.56. The molecule has 0 aliphatic carbocycles. The van der Waals surface area contributed by atoms with Crippen molar-refractivity contribution in [1.29, 1.82) is 0 Å². The summed E-state index contributed by atoms with van der Waals surface area (Å²) in [4.78, 5) is 14.9. The van der Waals surface area contributed by atoms with Crippen molar-refractivity contribution < 1.29 is 9.90 Å². The molecule has 1 atom stereocenters. The van der Waals surface area contributed by atoms with E-state index in [0.717, 1.165) is 10.5 Å². The van der Waals surface area contributed by atoms with Crippen LogP contribution in [0.4, 0.5) is 0 Å². The molecule has 1 unspecified atom stereocenters. The normalized spacial score (nSPS) is 12.8. The third-order valence-corrected chi connectivity index (χ3v) is 3.44. The van der Waals surface area contributed by atoms with E-state index in [0.29, 0.717) is 5.75 Å². The van der Waals surface area contributed by atoms with Gasteiger partial charge in [0.25, 0.3) is 0 Å². The van der Waals surface area contributed by atoms with Gasteiger partial charge in [-0.2, -0.15) is 5.10 Å². The second kappa shape index (κ2) is 4.52. The number of thioether (sulfide) groups is 1. The number of carboxylic acids is 1. The Morgan fingerprint density at radius 2 is 2.44 bits per heavy atom. The van der Waals surface area contributed by atoms with E-state index in [2.05, 4.69) is 10.1 Å². The van der Waals surface area contributed by atoms with Crippen LogP contribution in [0.2, 0.25) is 0 Å². The molecule has 16 heavy (non-hydrogen) atoms. The summed E-state index contributed by atoms with van der Waals surface area (Å²) in [6.45, 7) is 1.69. The van der Waals surface area contributed by atoms with Crippen LogP contribution in [-0.4, -0.2) is 31.4 Å². The zero-order chi connectivity index (χ0) is 11.5. The van der Waals surface area contributed by atoms with E-state index >= 15 is 0 Å². The van der Waals surface area contributed by atoms with E-state index in [1.807, 2.05) is 6.07 Å². The molecular weight excluding hydrogens is 226 g/mol. The molecule has 84 valence electrons. The maximum atomic E-state index is 10.7. The van der Waals surface area contributed by atoms with Crippen LogP contribution in [0.15, 0.2) is 29.7 Å². The molecule has 1 N–H and O–H groups in total. The Morgan fingerprint density at radius 3 is 3.19 bits per heavy atom. The average Bonchev–Trinajstić information content (AvgIpc) is 2.73. The summed E-state index contributed by atoms with van der Waals surface area (Å²) >= 11 is 1.44. The van der Waals surface area contributed by atoms with Crippen molar-refractivity contribution >= 4 is 23.2 Å². The van der Waals surface area contributed by atoms with Gasteiger partial charge in [0.1, 0.15) is 5.03 Å². The maximum Gasteiger partial charge on any atom is 0.307 e. The van der Waals surface area contributed by atoms with E-state index < -0.39 is 5.97 Å². The number of carboxylic acid groups (broad SMARTS) is 1. The molecule has 0 saturated carbocycles. The van der Waals surface area contributed by atoms with Gasteiger partial charge >= 0.3 is 5.97 Å². The second-order valence-corrected chi connectivity index (χ2v) is 4.45.